The number of nitrogens with zero attached hydrogens (tertiary/aromatic N) is 5. The topological polar surface area (TPSA) is 85.2 Å². The second kappa shape index (κ2) is 9.26. The fourth-order valence-corrected chi connectivity index (χ4v) is 4.08. The van der Waals surface area contributed by atoms with Crippen molar-refractivity contribution in [2.75, 3.05) is 13.7 Å². The third-order valence-electron chi connectivity index (χ3n) is 5.68. The molecule has 0 bridgehead atoms. The highest BCUT2D eigenvalue weighted by molar-refractivity contribution is 5.94. The molecule has 1 N–H and O–H groups in total. The fraction of sp³-hybridized carbons (Fsp3) is 0.391. The molecule has 8 nitrogen and oxygen atoms in total. The molecule has 3 heterocycles. The number of likely N-dealkylation sites (tertiary alicyclic amines) is 1. The Morgan fingerprint density at radius 3 is 2.87 bits per heavy atom. The normalized spacial score (nSPS) is 16.4. The van der Waals surface area contributed by atoms with E-state index in [-0.39, 0.29) is 11.9 Å². The van der Waals surface area contributed by atoms with Crippen molar-refractivity contribution in [2.45, 2.75) is 38.9 Å². The molecule has 3 aromatic rings. The number of carbonyl (C=O) groups is 1. The van der Waals surface area contributed by atoms with Crippen molar-refractivity contribution in [2.24, 2.45) is 7.05 Å². The van der Waals surface area contributed by atoms with E-state index in [4.69, 9.17) is 9.72 Å². The van der Waals surface area contributed by atoms with Crippen LogP contribution in [-0.2, 0) is 20.1 Å². The Hall–Kier alpha value is -3.26. The Morgan fingerprint density at radius 1 is 1.29 bits per heavy atom. The molecule has 4 rings (SSSR count). The summed E-state index contributed by atoms with van der Waals surface area (Å²) in [4.78, 5) is 24.4. The molecule has 1 amide bonds. The van der Waals surface area contributed by atoms with Crippen LogP contribution in [0.25, 0.3) is 0 Å². The number of benzene rings is 1. The molecule has 1 aliphatic rings. The quantitative estimate of drug-likeness (QED) is 0.633. The van der Waals surface area contributed by atoms with E-state index in [0.717, 1.165) is 43.1 Å². The van der Waals surface area contributed by atoms with Crippen LogP contribution in [0.5, 0.6) is 5.75 Å². The highest BCUT2D eigenvalue weighted by Gasteiger charge is 2.29. The minimum Gasteiger partial charge on any atom is -0.496 e. The predicted molar refractivity (Wildman–Crippen MR) is 117 cm³/mol. The van der Waals surface area contributed by atoms with Gasteiger partial charge in [-0.2, -0.15) is 5.10 Å². The third kappa shape index (κ3) is 4.74. The molecular weight excluding hydrogens is 392 g/mol. The maximum Gasteiger partial charge on any atom is 0.254 e. The lowest BCUT2D eigenvalue weighted by Gasteiger charge is -2.23. The van der Waals surface area contributed by atoms with Gasteiger partial charge in [-0.05, 0) is 32.4 Å². The molecule has 0 aliphatic carbocycles. The van der Waals surface area contributed by atoms with Crippen LogP contribution in [0, 0.1) is 6.92 Å². The largest absolute Gasteiger partial charge is 0.496 e. The van der Waals surface area contributed by atoms with Gasteiger partial charge in [-0.25, -0.2) is 9.97 Å². The van der Waals surface area contributed by atoms with Gasteiger partial charge in [0.15, 0.2) is 0 Å². The molecule has 0 radical (unpaired) electrons. The molecule has 2 aromatic heterocycles. The summed E-state index contributed by atoms with van der Waals surface area (Å²) < 4.78 is 7.17. The second-order valence-corrected chi connectivity index (χ2v) is 7.87. The van der Waals surface area contributed by atoms with Crippen molar-refractivity contribution in [3.63, 3.8) is 0 Å². The summed E-state index contributed by atoms with van der Waals surface area (Å²) in [6, 6.07) is 7.80. The van der Waals surface area contributed by atoms with Gasteiger partial charge in [0.1, 0.15) is 11.6 Å². The van der Waals surface area contributed by atoms with Crippen molar-refractivity contribution in [3.05, 3.63) is 71.1 Å². The van der Waals surface area contributed by atoms with Crippen LogP contribution in [0.2, 0.25) is 0 Å². The average Bonchev–Trinajstić information content (AvgIpc) is 3.41. The summed E-state index contributed by atoms with van der Waals surface area (Å²) in [6.07, 6.45) is 7.70. The molecule has 1 aromatic carbocycles. The van der Waals surface area contributed by atoms with Gasteiger partial charge in [0.2, 0.25) is 0 Å². The van der Waals surface area contributed by atoms with Gasteiger partial charge in [0.25, 0.3) is 5.91 Å². The SMILES string of the molecule is COc1ccccc1CNC(=O)c1cnc(C2CCCN2Cc2cnn(C)c2)nc1C. The molecular formula is C23H28N6O2. The maximum absolute atomic E-state index is 12.7. The van der Waals surface area contributed by atoms with Gasteiger partial charge in [-0.1, -0.05) is 18.2 Å². The van der Waals surface area contributed by atoms with Crippen molar-refractivity contribution in [3.8, 4) is 5.75 Å². The Kier molecular flexibility index (Phi) is 6.27. The zero-order valence-electron chi connectivity index (χ0n) is 18.2. The van der Waals surface area contributed by atoms with Crippen molar-refractivity contribution in [1.29, 1.82) is 0 Å². The first-order valence-electron chi connectivity index (χ1n) is 10.5. The number of nitrogens with one attached hydrogen (secondary N) is 1. The third-order valence-corrected chi connectivity index (χ3v) is 5.68. The minimum absolute atomic E-state index is 0.157. The Bertz CT molecular complexity index is 1060. The Balaban J connectivity index is 1.44. The Labute approximate surface area is 182 Å². The van der Waals surface area contributed by atoms with E-state index in [1.165, 1.54) is 5.56 Å². The highest BCUT2D eigenvalue weighted by atomic mass is 16.5. The smallest absolute Gasteiger partial charge is 0.254 e. The van der Waals surface area contributed by atoms with E-state index in [0.29, 0.717) is 17.8 Å². The van der Waals surface area contributed by atoms with Crippen LogP contribution in [0.4, 0.5) is 0 Å². The van der Waals surface area contributed by atoms with Gasteiger partial charge < -0.3 is 10.1 Å². The van der Waals surface area contributed by atoms with Crippen LogP contribution in [-0.4, -0.2) is 44.2 Å². The number of rotatable bonds is 7. The van der Waals surface area contributed by atoms with Gasteiger partial charge >= 0.3 is 0 Å². The maximum atomic E-state index is 12.7. The van der Waals surface area contributed by atoms with Gasteiger partial charge in [-0.3, -0.25) is 14.4 Å². The molecule has 1 unspecified atom stereocenters. The number of hydrogen-bond acceptors (Lipinski definition) is 6. The monoisotopic (exact) mass is 420 g/mol. The molecule has 0 spiro atoms. The van der Waals surface area contributed by atoms with Crippen LogP contribution in [0.1, 0.15) is 51.9 Å². The number of aromatic nitrogens is 4. The minimum atomic E-state index is -0.186. The van der Waals surface area contributed by atoms with Crippen LogP contribution in [0.3, 0.4) is 0 Å². The molecule has 8 heteroatoms. The lowest BCUT2D eigenvalue weighted by atomic mass is 10.1. The Morgan fingerprint density at radius 2 is 2.13 bits per heavy atom. The van der Waals surface area contributed by atoms with Crippen molar-refractivity contribution >= 4 is 5.91 Å². The van der Waals surface area contributed by atoms with E-state index in [1.807, 2.05) is 55.3 Å². The number of ether oxygens (including phenoxy) is 1. The molecule has 31 heavy (non-hydrogen) atoms. The average molecular weight is 421 g/mol. The first-order chi connectivity index (χ1) is 15.0. The van der Waals surface area contributed by atoms with Crippen molar-refractivity contribution < 1.29 is 9.53 Å². The number of amides is 1. The second-order valence-electron chi connectivity index (χ2n) is 7.87. The zero-order chi connectivity index (χ0) is 21.8. The first-order valence-corrected chi connectivity index (χ1v) is 10.5. The highest BCUT2D eigenvalue weighted by Crippen LogP contribution is 2.31. The van der Waals surface area contributed by atoms with Gasteiger partial charge in [0, 0.05) is 43.7 Å². The lowest BCUT2D eigenvalue weighted by Crippen LogP contribution is -2.27. The standard InChI is InChI=1S/C23H28N6O2/c1-16-19(23(30)25-12-18-7-4-5-9-21(18)31-3)13-24-22(27-16)20-8-6-10-29(20)15-17-11-26-28(2)14-17/h4-5,7,9,11,13-14,20H,6,8,10,12,15H2,1-3H3,(H,25,30). The van der Waals surface area contributed by atoms with E-state index < -0.39 is 0 Å². The summed E-state index contributed by atoms with van der Waals surface area (Å²) in [7, 11) is 3.55. The summed E-state index contributed by atoms with van der Waals surface area (Å²) in [6.45, 7) is 4.07. The summed E-state index contributed by atoms with van der Waals surface area (Å²) >= 11 is 0. The van der Waals surface area contributed by atoms with Crippen LogP contribution < -0.4 is 10.1 Å². The molecule has 1 fully saturated rings. The van der Waals surface area contributed by atoms with Gasteiger partial charge in [-0.15, -0.1) is 0 Å². The summed E-state index contributed by atoms with van der Waals surface area (Å²) in [5.74, 6) is 1.34. The van der Waals surface area contributed by atoms with E-state index in [2.05, 4.69) is 20.3 Å². The van der Waals surface area contributed by atoms with Gasteiger partial charge in [0.05, 0.1) is 30.6 Å². The summed E-state index contributed by atoms with van der Waals surface area (Å²) in [5, 5.41) is 7.20. The molecule has 1 saturated heterocycles. The van der Waals surface area contributed by atoms with E-state index in [9.17, 15) is 4.79 Å². The van der Waals surface area contributed by atoms with Crippen molar-refractivity contribution in [1.82, 2.24) is 30.0 Å². The number of aryl methyl sites for hydroxylation is 2. The number of para-hydroxylation sites is 1. The predicted octanol–water partition coefficient (Wildman–Crippen LogP) is 2.79. The summed E-state index contributed by atoms with van der Waals surface area (Å²) in [5.41, 5.74) is 3.29. The van der Waals surface area contributed by atoms with Crippen LogP contribution in [0.15, 0.2) is 42.9 Å². The zero-order valence-corrected chi connectivity index (χ0v) is 18.2. The molecule has 162 valence electrons. The first kappa shape index (κ1) is 21.0. The van der Waals surface area contributed by atoms with E-state index >= 15 is 0 Å². The molecule has 0 saturated carbocycles. The van der Waals surface area contributed by atoms with Crippen LogP contribution >= 0.6 is 0 Å². The molecule has 1 atom stereocenters. The molecule has 1 aliphatic heterocycles. The number of hydrogen-bond donors (Lipinski definition) is 1. The number of methoxy groups -OCH3 is 1. The van der Waals surface area contributed by atoms with E-state index in [1.54, 1.807) is 13.3 Å². The fourth-order valence-electron chi connectivity index (χ4n) is 4.08. The number of carbonyl (C=O) groups excluding carboxylic acids is 1. The lowest BCUT2D eigenvalue weighted by molar-refractivity contribution is 0.0949.